The number of nitrogens with one attached hydrogen (secondary N) is 1. The average molecular weight is 253 g/mol. The first-order valence-electron chi connectivity index (χ1n) is 6.02. The maximum Gasteiger partial charge on any atom is 0.251 e. The lowest BCUT2D eigenvalue weighted by Gasteiger charge is -2.22. The van der Waals surface area contributed by atoms with Gasteiger partial charge in [-0.3, -0.25) is 4.79 Å². The number of rotatable bonds is 2. The number of hydrogen-bond acceptors (Lipinski definition) is 2. The first-order valence-corrected chi connectivity index (χ1v) is 6.40. The van der Waals surface area contributed by atoms with Gasteiger partial charge in [0.05, 0.1) is 0 Å². The van der Waals surface area contributed by atoms with E-state index in [0.29, 0.717) is 22.3 Å². The molecule has 0 heterocycles. The Morgan fingerprint density at radius 3 is 2.59 bits per heavy atom. The third-order valence-corrected chi connectivity index (χ3v) is 3.34. The summed E-state index contributed by atoms with van der Waals surface area (Å²) in [6, 6.07) is 5.25. The summed E-state index contributed by atoms with van der Waals surface area (Å²) in [4.78, 5) is 12.0. The lowest BCUT2D eigenvalue weighted by atomic mass is 9.95. The summed E-state index contributed by atoms with van der Waals surface area (Å²) in [5, 5.41) is 3.54. The second-order valence-electron chi connectivity index (χ2n) is 4.58. The van der Waals surface area contributed by atoms with Crippen molar-refractivity contribution in [3.05, 3.63) is 28.8 Å². The van der Waals surface area contributed by atoms with Crippen molar-refractivity contribution >= 4 is 23.2 Å². The van der Waals surface area contributed by atoms with E-state index in [1.54, 1.807) is 18.2 Å². The number of amides is 1. The van der Waals surface area contributed by atoms with Gasteiger partial charge in [0, 0.05) is 22.3 Å². The molecule has 3 N–H and O–H groups in total. The molecule has 4 heteroatoms. The second kappa shape index (κ2) is 5.41. The number of anilines is 1. The van der Waals surface area contributed by atoms with Crippen LogP contribution in [0.2, 0.25) is 5.02 Å². The minimum absolute atomic E-state index is 0.0777. The molecule has 1 saturated carbocycles. The Hall–Kier alpha value is -1.22. The van der Waals surface area contributed by atoms with Crippen LogP contribution < -0.4 is 11.1 Å². The smallest absolute Gasteiger partial charge is 0.251 e. The number of carbonyl (C=O) groups is 1. The molecule has 0 spiro atoms. The fourth-order valence-corrected chi connectivity index (χ4v) is 2.50. The Bertz CT molecular complexity index is 394. The minimum atomic E-state index is -0.0777. The molecule has 0 saturated heterocycles. The first kappa shape index (κ1) is 12.2. The molecule has 0 bridgehead atoms. The molecule has 92 valence electrons. The standard InChI is InChI=1S/C13H17ClN2O/c14-10-6-9(7-11(15)8-10)13(17)16-12-4-2-1-3-5-12/h6-8,12H,1-5,15H2,(H,16,17). The van der Waals surface area contributed by atoms with Crippen LogP contribution in [0.25, 0.3) is 0 Å². The van der Waals surface area contributed by atoms with Gasteiger partial charge in [-0.2, -0.15) is 0 Å². The summed E-state index contributed by atoms with van der Waals surface area (Å²) in [5.74, 6) is -0.0777. The SMILES string of the molecule is Nc1cc(Cl)cc(C(=O)NC2CCCCC2)c1. The lowest BCUT2D eigenvalue weighted by molar-refractivity contribution is 0.0928. The van der Waals surface area contributed by atoms with Crippen LogP contribution in [0, 0.1) is 0 Å². The highest BCUT2D eigenvalue weighted by Crippen LogP contribution is 2.20. The monoisotopic (exact) mass is 252 g/mol. The van der Waals surface area contributed by atoms with E-state index < -0.39 is 0 Å². The maximum absolute atomic E-state index is 12.0. The predicted molar refractivity (Wildman–Crippen MR) is 70.2 cm³/mol. The highest BCUT2D eigenvalue weighted by molar-refractivity contribution is 6.31. The molecule has 1 aromatic rings. The van der Waals surface area contributed by atoms with Crippen LogP contribution in [0.3, 0.4) is 0 Å². The van der Waals surface area contributed by atoms with Crippen molar-refractivity contribution < 1.29 is 4.79 Å². The van der Waals surface area contributed by atoms with Crippen molar-refractivity contribution in [2.24, 2.45) is 0 Å². The van der Waals surface area contributed by atoms with Crippen molar-refractivity contribution in [1.82, 2.24) is 5.32 Å². The zero-order chi connectivity index (χ0) is 12.3. The van der Waals surface area contributed by atoms with Crippen molar-refractivity contribution in [1.29, 1.82) is 0 Å². The van der Waals surface area contributed by atoms with Crippen LogP contribution in [0.4, 0.5) is 5.69 Å². The highest BCUT2D eigenvalue weighted by atomic mass is 35.5. The molecule has 0 atom stereocenters. The highest BCUT2D eigenvalue weighted by Gasteiger charge is 2.16. The van der Waals surface area contributed by atoms with Crippen LogP contribution in [-0.4, -0.2) is 11.9 Å². The summed E-state index contributed by atoms with van der Waals surface area (Å²) in [6.07, 6.45) is 5.81. The summed E-state index contributed by atoms with van der Waals surface area (Å²) in [7, 11) is 0. The summed E-state index contributed by atoms with van der Waals surface area (Å²) < 4.78 is 0. The van der Waals surface area contributed by atoms with E-state index in [2.05, 4.69) is 5.32 Å². The van der Waals surface area contributed by atoms with Crippen molar-refractivity contribution in [2.75, 3.05) is 5.73 Å². The molecular weight excluding hydrogens is 236 g/mol. The van der Waals surface area contributed by atoms with Gasteiger partial charge in [0.2, 0.25) is 0 Å². The lowest BCUT2D eigenvalue weighted by Crippen LogP contribution is -2.36. The Kier molecular flexibility index (Phi) is 3.89. The largest absolute Gasteiger partial charge is 0.399 e. The summed E-state index contributed by atoms with van der Waals surface area (Å²) in [6.45, 7) is 0. The van der Waals surface area contributed by atoms with Gasteiger partial charge in [-0.25, -0.2) is 0 Å². The van der Waals surface area contributed by atoms with Gasteiger partial charge >= 0.3 is 0 Å². The Morgan fingerprint density at radius 2 is 1.94 bits per heavy atom. The number of carbonyl (C=O) groups excluding carboxylic acids is 1. The molecule has 0 aromatic heterocycles. The molecular formula is C13H17ClN2O. The Morgan fingerprint density at radius 1 is 1.24 bits per heavy atom. The maximum atomic E-state index is 12.0. The Labute approximate surface area is 106 Å². The molecule has 1 aliphatic carbocycles. The van der Waals surface area contributed by atoms with Crippen LogP contribution in [-0.2, 0) is 0 Å². The van der Waals surface area contributed by atoms with E-state index in [-0.39, 0.29) is 5.91 Å². The van der Waals surface area contributed by atoms with E-state index in [1.807, 2.05) is 0 Å². The molecule has 1 aromatic carbocycles. The van der Waals surface area contributed by atoms with E-state index >= 15 is 0 Å². The summed E-state index contributed by atoms with van der Waals surface area (Å²) in [5.41, 5.74) is 6.73. The van der Waals surface area contributed by atoms with E-state index in [9.17, 15) is 4.79 Å². The van der Waals surface area contributed by atoms with Crippen LogP contribution >= 0.6 is 11.6 Å². The number of halogens is 1. The molecule has 2 rings (SSSR count). The zero-order valence-corrected chi connectivity index (χ0v) is 10.5. The van der Waals surface area contributed by atoms with Crippen molar-refractivity contribution in [3.8, 4) is 0 Å². The van der Waals surface area contributed by atoms with Crippen LogP contribution in [0.15, 0.2) is 18.2 Å². The van der Waals surface area contributed by atoms with E-state index in [0.717, 1.165) is 12.8 Å². The molecule has 0 radical (unpaired) electrons. The molecule has 17 heavy (non-hydrogen) atoms. The fourth-order valence-electron chi connectivity index (χ4n) is 2.26. The van der Waals surface area contributed by atoms with Gasteiger partial charge in [0.1, 0.15) is 0 Å². The van der Waals surface area contributed by atoms with Crippen LogP contribution in [0.5, 0.6) is 0 Å². The summed E-state index contributed by atoms with van der Waals surface area (Å²) >= 11 is 5.88. The van der Waals surface area contributed by atoms with Crippen LogP contribution in [0.1, 0.15) is 42.5 Å². The van der Waals surface area contributed by atoms with Crippen molar-refractivity contribution in [3.63, 3.8) is 0 Å². The molecule has 1 aliphatic rings. The zero-order valence-electron chi connectivity index (χ0n) is 9.71. The average Bonchev–Trinajstić information content (AvgIpc) is 2.29. The Balaban J connectivity index is 2.03. The molecule has 0 unspecified atom stereocenters. The minimum Gasteiger partial charge on any atom is -0.399 e. The van der Waals surface area contributed by atoms with Gasteiger partial charge < -0.3 is 11.1 Å². The number of nitrogen functional groups attached to an aromatic ring is 1. The topological polar surface area (TPSA) is 55.1 Å². The second-order valence-corrected chi connectivity index (χ2v) is 5.02. The van der Waals surface area contributed by atoms with Gasteiger partial charge in [-0.1, -0.05) is 30.9 Å². The third-order valence-electron chi connectivity index (χ3n) is 3.12. The van der Waals surface area contributed by atoms with Gasteiger partial charge in [0.25, 0.3) is 5.91 Å². The first-order chi connectivity index (χ1) is 8.15. The number of hydrogen-bond donors (Lipinski definition) is 2. The quantitative estimate of drug-likeness (QED) is 0.795. The van der Waals surface area contributed by atoms with E-state index in [4.69, 9.17) is 17.3 Å². The van der Waals surface area contributed by atoms with Gasteiger partial charge in [-0.05, 0) is 31.0 Å². The van der Waals surface area contributed by atoms with Gasteiger partial charge in [0.15, 0.2) is 0 Å². The molecule has 1 fully saturated rings. The molecule has 3 nitrogen and oxygen atoms in total. The molecule has 0 aliphatic heterocycles. The normalized spacial score (nSPS) is 16.8. The number of nitrogens with two attached hydrogens (primary N) is 1. The predicted octanol–water partition coefficient (Wildman–Crippen LogP) is 2.98. The van der Waals surface area contributed by atoms with E-state index in [1.165, 1.54) is 19.3 Å². The molecule has 1 amide bonds. The third kappa shape index (κ3) is 3.37. The fraction of sp³-hybridized carbons (Fsp3) is 0.462. The van der Waals surface area contributed by atoms with Crippen molar-refractivity contribution in [2.45, 2.75) is 38.1 Å². The van der Waals surface area contributed by atoms with Gasteiger partial charge in [-0.15, -0.1) is 0 Å². The number of benzene rings is 1.